The van der Waals surface area contributed by atoms with Crippen LogP contribution in [0.25, 0.3) is 0 Å². The van der Waals surface area contributed by atoms with Crippen LogP contribution in [-0.4, -0.2) is 36.6 Å². The Labute approximate surface area is 124 Å². The Balaban J connectivity index is 1.80. The molecule has 2 atom stereocenters. The van der Waals surface area contributed by atoms with E-state index in [2.05, 4.69) is 56.9 Å². The molecule has 2 nitrogen and oxygen atoms in total. The van der Waals surface area contributed by atoms with Gasteiger partial charge in [0, 0.05) is 35.3 Å². The first kappa shape index (κ1) is 13.4. The topological polar surface area (TPSA) is 6.48 Å². The van der Waals surface area contributed by atoms with E-state index in [-0.39, 0.29) is 0 Å². The SMILES string of the molecule is CCC1CN2CCCCC2CN1c1ccc(Br)cc1. The Morgan fingerprint density at radius 2 is 1.95 bits per heavy atom. The Morgan fingerprint density at radius 3 is 2.68 bits per heavy atom. The van der Waals surface area contributed by atoms with Crippen molar-refractivity contribution in [3.05, 3.63) is 28.7 Å². The maximum atomic E-state index is 3.53. The van der Waals surface area contributed by atoms with E-state index in [1.54, 1.807) is 0 Å². The van der Waals surface area contributed by atoms with E-state index < -0.39 is 0 Å². The third-order valence-corrected chi connectivity index (χ3v) is 5.20. The molecule has 3 rings (SSSR count). The van der Waals surface area contributed by atoms with Crippen LogP contribution in [0.5, 0.6) is 0 Å². The van der Waals surface area contributed by atoms with E-state index >= 15 is 0 Å². The van der Waals surface area contributed by atoms with Gasteiger partial charge in [0.25, 0.3) is 0 Å². The van der Waals surface area contributed by atoms with Crippen molar-refractivity contribution in [1.29, 1.82) is 0 Å². The summed E-state index contributed by atoms with van der Waals surface area (Å²) >= 11 is 3.53. The highest BCUT2D eigenvalue weighted by Gasteiger charge is 2.34. The minimum Gasteiger partial charge on any atom is -0.366 e. The molecule has 2 fully saturated rings. The summed E-state index contributed by atoms with van der Waals surface area (Å²) in [4.78, 5) is 5.37. The Bertz CT molecular complexity index is 417. The fraction of sp³-hybridized carbons (Fsp3) is 0.625. The molecular formula is C16H23BrN2. The Morgan fingerprint density at radius 1 is 1.16 bits per heavy atom. The molecule has 0 N–H and O–H groups in total. The number of fused-ring (bicyclic) bond motifs is 1. The van der Waals surface area contributed by atoms with Crippen molar-refractivity contribution in [1.82, 2.24) is 4.90 Å². The largest absolute Gasteiger partial charge is 0.366 e. The molecule has 0 saturated carbocycles. The van der Waals surface area contributed by atoms with Crippen LogP contribution in [0.4, 0.5) is 5.69 Å². The molecule has 0 bridgehead atoms. The van der Waals surface area contributed by atoms with Gasteiger partial charge in [-0.25, -0.2) is 0 Å². The van der Waals surface area contributed by atoms with Crippen LogP contribution < -0.4 is 4.90 Å². The van der Waals surface area contributed by atoms with Gasteiger partial charge in [0.1, 0.15) is 0 Å². The second kappa shape index (κ2) is 5.84. The maximum absolute atomic E-state index is 3.53. The van der Waals surface area contributed by atoms with Crippen molar-refractivity contribution in [2.24, 2.45) is 0 Å². The van der Waals surface area contributed by atoms with Gasteiger partial charge in [0.2, 0.25) is 0 Å². The number of piperidine rings is 1. The van der Waals surface area contributed by atoms with Crippen LogP contribution in [0.15, 0.2) is 28.7 Å². The van der Waals surface area contributed by atoms with Crippen LogP contribution in [0.3, 0.4) is 0 Å². The second-order valence-corrected chi connectivity index (χ2v) is 6.75. The Hall–Kier alpha value is -0.540. The molecule has 0 aliphatic carbocycles. The van der Waals surface area contributed by atoms with Crippen molar-refractivity contribution in [2.45, 2.75) is 44.7 Å². The normalized spacial score (nSPS) is 28.2. The predicted octanol–water partition coefficient (Wildman–Crippen LogP) is 3.90. The smallest absolute Gasteiger partial charge is 0.0415 e. The monoisotopic (exact) mass is 322 g/mol. The van der Waals surface area contributed by atoms with Crippen LogP contribution in [-0.2, 0) is 0 Å². The fourth-order valence-electron chi connectivity index (χ4n) is 3.55. The third-order valence-electron chi connectivity index (χ3n) is 4.67. The molecule has 0 radical (unpaired) electrons. The molecule has 2 aliphatic heterocycles. The minimum atomic E-state index is 0.676. The number of halogens is 1. The summed E-state index contributed by atoms with van der Waals surface area (Å²) in [5.74, 6) is 0. The number of hydrogen-bond donors (Lipinski definition) is 0. The quantitative estimate of drug-likeness (QED) is 0.814. The fourth-order valence-corrected chi connectivity index (χ4v) is 3.82. The van der Waals surface area contributed by atoms with Crippen LogP contribution in [0.2, 0.25) is 0 Å². The summed E-state index contributed by atoms with van der Waals surface area (Å²) in [5.41, 5.74) is 1.39. The standard InChI is InChI=1S/C16H23BrN2/c1-2-14-11-18-10-4-3-5-16(18)12-19(14)15-8-6-13(17)7-9-15/h6-9,14,16H,2-5,10-12H2,1H3. The van der Waals surface area contributed by atoms with Crippen LogP contribution in [0, 0.1) is 0 Å². The van der Waals surface area contributed by atoms with Gasteiger partial charge in [-0.2, -0.15) is 0 Å². The molecule has 1 aromatic carbocycles. The second-order valence-electron chi connectivity index (χ2n) is 5.84. The van der Waals surface area contributed by atoms with Crippen LogP contribution in [0.1, 0.15) is 32.6 Å². The number of rotatable bonds is 2. The lowest BCUT2D eigenvalue weighted by molar-refractivity contribution is 0.111. The number of benzene rings is 1. The number of hydrogen-bond acceptors (Lipinski definition) is 2. The molecule has 1 aromatic rings. The van der Waals surface area contributed by atoms with Gasteiger partial charge in [-0.1, -0.05) is 29.3 Å². The van der Waals surface area contributed by atoms with Crippen molar-refractivity contribution >= 4 is 21.6 Å². The van der Waals surface area contributed by atoms with Gasteiger partial charge in [-0.3, -0.25) is 4.90 Å². The van der Waals surface area contributed by atoms with Gasteiger partial charge in [-0.05, 0) is 50.1 Å². The van der Waals surface area contributed by atoms with Crippen molar-refractivity contribution in [3.63, 3.8) is 0 Å². The molecule has 2 unspecified atom stereocenters. The number of anilines is 1. The lowest BCUT2D eigenvalue weighted by Gasteiger charge is -2.49. The number of nitrogens with zero attached hydrogens (tertiary/aromatic N) is 2. The molecule has 0 aromatic heterocycles. The van der Waals surface area contributed by atoms with Gasteiger partial charge < -0.3 is 4.90 Å². The maximum Gasteiger partial charge on any atom is 0.0415 e. The van der Waals surface area contributed by atoms with E-state index in [1.807, 2.05) is 0 Å². The van der Waals surface area contributed by atoms with E-state index in [0.29, 0.717) is 6.04 Å². The van der Waals surface area contributed by atoms with Gasteiger partial charge >= 0.3 is 0 Å². The first-order valence-electron chi connectivity index (χ1n) is 7.54. The minimum absolute atomic E-state index is 0.676. The summed E-state index contributed by atoms with van der Waals surface area (Å²) in [7, 11) is 0. The van der Waals surface area contributed by atoms with E-state index in [1.165, 1.54) is 55.5 Å². The van der Waals surface area contributed by atoms with Crippen molar-refractivity contribution in [3.8, 4) is 0 Å². The zero-order chi connectivity index (χ0) is 13.2. The highest BCUT2D eigenvalue weighted by atomic mass is 79.9. The summed E-state index contributed by atoms with van der Waals surface area (Å²) in [5, 5.41) is 0. The van der Waals surface area contributed by atoms with Crippen molar-refractivity contribution in [2.75, 3.05) is 24.5 Å². The summed E-state index contributed by atoms with van der Waals surface area (Å²) in [6.07, 6.45) is 5.42. The average Bonchev–Trinajstić information content (AvgIpc) is 2.46. The highest BCUT2D eigenvalue weighted by molar-refractivity contribution is 9.10. The Kier molecular flexibility index (Phi) is 4.13. The van der Waals surface area contributed by atoms with E-state index in [9.17, 15) is 0 Å². The molecule has 0 spiro atoms. The number of piperazine rings is 1. The molecule has 104 valence electrons. The molecule has 0 amide bonds. The predicted molar refractivity (Wildman–Crippen MR) is 84.8 cm³/mol. The third kappa shape index (κ3) is 2.82. The average molecular weight is 323 g/mol. The highest BCUT2D eigenvalue weighted by Crippen LogP contribution is 2.29. The molecule has 19 heavy (non-hydrogen) atoms. The van der Waals surface area contributed by atoms with E-state index in [4.69, 9.17) is 0 Å². The van der Waals surface area contributed by atoms with E-state index in [0.717, 1.165) is 6.04 Å². The molecule has 2 heterocycles. The zero-order valence-electron chi connectivity index (χ0n) is 11.7. The zero-order valence-corrected chi connectivity index (χ0v) is 13.3. The molecule has 2 saturated heterocycles. The lowest BCUT2D eigenvalue weighted by Crippen LogP contribution is -2.59. The summed E-state index contributed by atoms with van der Waals surface area (Å²) in [6.45, 7) is 6.09. The van der Waals surface area contributed by atoms with Crippen molar-refractivity contribution < 1.29 is 0 Å². The van der Waals surface area contributed by atoms with Gasteiger partial charge in [-0.15, -0.1) is 0 Å². The first-order valence-corrected chi connectivity index (χ1v) is 8.33. The molecule has 3 heteroatoms. The van der Waals surface area contributed by atoms with Gasteiger partial charge in [0.05, 0.1) is 0 Å². The van der Waals surface area contributed by atoms with Crippen LogP contribution >= 0.6 is 15.9 Å². The molecular weight excluding hydrogens is 300 g/mol. The molecule has 2 aliphatic rings. The first-order chi connectivity index (χ1) is 9.28. The lowest BCUT2D eigenvalue weighted by atomic mass is 9.95. The van der Waals surface area contributed by atoms with Gasteiger partial charge in [0.15, 0.2) is 0 Å². The summed E-state index contributed by atoms with van der Waals surface area (Å²) < 4.78 is 1.17. The summed E-state index contributed by atoms with van der Waals surface area (Å²) in [6, 6.07) is 10.3.